The van der Waals surface area contributed by atoms with Gasteiger partial charge in [-0.15, -0.1) is 0 Å². The number of rotatable bonds is 2. The van der Waals surface area contributed by atoms with Crippen LogP contribution in [0.15, 0.2) is 23.1 Å². The second-order valence-electron chi connectivity index (χ2n) is 2.73. The molecule has 0 aliphatic heterocycles. The van der Waals surface area contributed by atoms with E-state index in [0.717, 1.165) is 6.26 Å². The summed E-state index contributed by atoms with van der Waals surface area (Å²) in [5.74, 6) is 0. The first-order chi connectivity index (χ1) is 5.95. The topological polar surface area (TPSA) is 60.2 Å². The minimum atomic E-state index is -3.23. The van der Waals surface area contributed by atoms with Gasteiger partial charge in [-0.3, -0.25) is 0 Å². The monoisotopic (exact) mass is 219 g/mol. The maximum atomic E-state index is 11.3. The Hall–Kier alpha value is -0.580. The molecule has 0 radical (unpaired) electrons. The fraction of sp³-hybridized carbons (Fsp3) is 0.250. The summed E-state index contributed by atoms with van der Waals surface area (Å²) in [6.45, 7) is 0.194. The van der Waals surface area contributed by atoms with Crippen LogP contribution in [-0.4, -0.2) is 14.7 Å². The van der Waals surface area contributed by atoms with Gasteiger partial charge in [-0.1, -0.05) is 17.7 Å². The van der Waals surface area contributed by atoms with Crippen LogP contribution in [0.4, 0.5) is 0 Å². The lowest BCUT2D eigenvalue weighted by Gasteiger charge is -2.05. The Morgan fingerprint density at radius 2 is 2.08 bits per heavy atom. The van der Waals surface area contributed by atoms with E-state index in [-0.39, 0.29) is 11.4 Å². The Balaban J connectivity index is 3.41. The number of hydrogen-bond acceptors (Lipinski definition) is 3. The highest BCUT2D eigenvalue weighted by Gasteiger charge is 2.12. The number of hydrogen-bond donors (Lipinski definition) is 1. The molecule has 3 nitrogen and oxygen atoms in total. The summed E-state index contributed by atoms with van der Waals surface area (Å²) in [6.07, 6.45) is 1.14. The summed E-state index contributed by atoms with van der Waals surface area (Å²) in [5, 5.41) is 0.401. The molecule has 0 aromatic heterocycles. The molecular formula is C8H10ClNO2S. The molecular weight excluding hydrogens is 210 g/mol. The first-order valence-corrected chi connectivity index (χ1v) is 5.90. The Morgan fingerprint density at radius 3 is 2.54 bits per heavy atom. The van der Waals surface area contributed by atoms with Crippen molar-refractivity contribution in [3.63, 3.8) is 0 Å². The molecule has 0 heterocycles. The van der Waals surface area contributed by atoms with Gasteiger partial charge in [0.1, 0.15) is 0 Å². The van der Waals surface area contributed by atoms with Gasteiger partial charge in [-0.25, -0.2) is 8.42 Å². The van der Waals surface area contributed by atoms with Crippen molar-refractivity contribution in [3.05, 3.63) is 28.8 Å². The van der Waals surface area contributed by atoms with Crippen LogP contribution in [0.1, 0.15) is 5.56 Å². The molecule has 72 valence electrons. The summed E-state index contributed by atoms with van der Waals surface area (Å²) < 4.78 is 22.5. The molecule has 0 amide bonds. The lowest BCUT2D eigenvalue weighted by atomic mass is 10.2. The van der Waals surface area contributed by atoms with Gasteiger partial charge >= 0.3 is 0 Å². The first kappa shape index (κ1) is 10.5. The average Bonchev–Trinajstić information content (AvgIpc) is 2.03. The highest BCUT2D eigenvalue weighted by molar-refractivity contribution is 7.90. The summed E-state index contributed by atoms with van der Waals surface area (Å²) in [4.78, 5) is 0.211. The Labute approximate surface area is 82.4 Å². The summed E-state index contributed by atoms with van der Waals surface area (Å²) in [5.41, 5.74) is 5.98. The van der Waals surface area contributed by atoms with Crippen LogP contribution >= 0.6 is 11.6 Å². The van der Waals surface area contributed by atoms with Crippen LogP contribution in [0.25, 0.3) is 0 Å². The van der Waals surface area contributed by atoms with Gasteiger partial charge in [0.05, 0.1) is 4.90 Å². The molecule has 13 heavy (non-hydrogen) atoms. The molecule has 0 unspecified atom stereocenters. The Kier molecular flexibility index (Phi) is 2.95. The van der Waals surface area contributed by atoms with Crippen molar-refractivity contribution in [1.29, 1.82) is 0 Å². The van der Waals surface area contributed by atoms with Crippen molar-refractivity contribution >= 4 is 21.4 Å². The molecule has 1 rings (SSSR count). The number of nitrogens with two attached hydrogens (primary N) is 1. The second kappa shape index (κ2) is 3.65. The van der Waals surface area contributed by atoms with E-state index in [4.69, 9.17) is 17.3 Å². The smallest absolute Gasteiger partial charge is 0.175 e. The normalized spacial score (nSPS) is 11.6. The maximum absolute atomic E-state index is 11.3. The van der Waals surface area contributed by atoms with Crippen LogP contribution in [0.3, 0.4) is 0 Å². The van der Waals surface area contributed by atoms with Crippen molar-refractivity contribution < 1.29 is 8.42 Å². The van der Waals surface area contributed by atoms with E-state index in [1.54, 1.807) is 12.1 Å². The Morgan fingerprint density at radius 1 is 1.46 bits per heavy atom. The minimum absolute atomic E-state index is 0.194. The summed E-state index contributed by atoms with van der Waals surface area (Å²) in [6, 6.07) is 4.66. The van der Waals surface area contributed by atoms with Crippen LogP contribution < -0.4 is 5.73 Å². The van der Waals surface area contributed by atoms with E-state index in [0.29, 0.717) is 10.6 Å². The minimum Gasteiger partial charge on any atom is -0.326 e. The maximum Gasteiger partial charge on any atom is 0.175 e. The molecule has 0 aliphatic carbocycles. The van der Waals surface area contributed by atoms with Crippen molar-refractivity contribution in [2.24, 2.45) is 5.73 Å². The Bertz CT molecular complexity index is 414. The van der Waals surface area contributed by atoms with Crippen molar-refractivity contribution in [3.8, 4) is 0 Å². The van der Waals surface area contributed by atoms with E-state index in [2.05, 4.69) is 0 Å². The molecule has 2 N–H and O–H groups in total. The zero-order valence-electron chi connectivity index (χ0n) is 7.12. The largest absolute Gasteiger partial charge is 0.326 e. The molecule has 0 fully saturated rings. The molecule has 1 aromatic carbocycles. The molecule has 5 heteroatoms. The van der Waals surface area contributed by atoms with E-state index < -0.39 is 9.84 Å². The summed E-state index contributed by atoms with van der Waals surface area (Å²) >= 11 is 5.67. The number of sulfone groups is 1. The van der Waals surface area contributed by atoms with Gasteiger partial charge in [0.25, 0.3) is 0 Å². The molecule has 0 saturated heterocycles. The SMILES string of the molecule is CS(=O)(=O)c1cc(Cl)ccc1CN. The van der Waals surface area contributed by atoms with Gasteiger partial charge in [0, 0.05) is 17.8 Å². The molecule has 0 aliphatic rings. The van der Waals surface area contributed by atoms with E-state index in [1.807, 2.05) is 0 Å². The fourth-order valence-corrected chi connectivity index (χ4v) is 2.25. The standard InChI is InChI=1S/C8H10ClNO2S/c1-13(11,12)8-4-7(9)3-2-6(8)5-10/h2-4H,5,10H2,1H3. The van der Waals surface area contributed by atoms with E-state index in [1.165, 1.54) is 6.07 Å². The molecule has 0 bridgehead atoms. The van der Waals surface area contributed by atoms with Crippen LogP contribution in [0.5, 0.6) is 0 Å². The fourth-order valence-electron chi connectivity index (χ4n) is 1.04. The van der Waals surface area contributed by atoms with Gasteiger partial charge in [0.15, 0.2) is 9.84 Å². The molecule has 0 spiro atoms. The molecule has 0 saturated carbocycles. The zero-order chi connectivity index (χ0) is 10.1. The van der Waals surface area contributed by atoms with Gasteiger partial charge in [-0.2, -0.15) is 0 Å². The quantitative estimate of drug-likeness (QED) is 0.813. The van der Waals surface area contributed by atoms with Crippen LogP contribution in [-0.2, 0) is 16.4 Å². The molecule has 1 aromatic rings. The third kappa shape index (κ3) is 2.43. The second-order valence-corrected chi connectivity index (χ2v) is 5.15. The predicted octanol–water partition coefficient (Wildman–Crippen LogP) is 1.20. The number of benzene rings is 1. The highest BCUT2D eigenvalue weighted by atomic mass is 35.5. The third-order valence-corrected chi connectivity index (χ3v) is 3.06. The van der Waals surface area contributed by atoms with Crippen molar-refractivity contribution in [2.75, 3.05) is 6.26 Å². The van der Waals surface area contributed by atoms with Crippen molar-refractivity contribution in [1.82, 2.24) is 0 Å². The zero-order valence-corrected chi connectivity index (χ0v) is 8.69. The van der Waals surface area contributed by atoms with Crippen molar-refractivity contribution in [2.45, 2.75) is 11.4 Å². The van der Waals surface area contributed by atoms with Crippen LogP contribution in [0, 0.1) is 0 Å². The summed E-state index contributed by atoms with van der Waals surface area (Å²) in [7, 11) is -3.23. The molecule has 0 atom stereocenters. The van der Waals surface area contributed by atoms with Crippen LogP contribution in [0.2, 0.25) is 5.02 Å². The first-order valence-electron chi connectivity index (χ1n) is 3.63. The predicted molar refractivity (Wildman–Crippen MR) is 52.5 cm³/mol. The van der Waals surface area contributed by atoms with Gasteiger partial charge in [0.2, 0.25) is 0 Å². The van der Waals surface area contributed by atoms with E-state index in [9.17, 15) is 8.42 Å². The number of halogens is 1. The van der Waals surface area contributed by atoms with Gasteiger partial charge in [-0.05, 0) is 17.7 Å². The van der Waals surface area contributed by atoms with E-state index >= 15 is 0 Å². The third-order valence-electron chi connectivity index (χ3n) is 1.65. The lowest BCUT2D eigenvalue weighted by molar-refractivity contribution is 0.600. The average molecular weight is 220 g/mol. The highest BCUT2D eigenvalue weighted by Crippen LogP contribution is 2.20. The lowest BCUT2D eigenvalue weighted by Crippen LogP contribution is -2.06. The van der Waals surface area contributed by atoms with Gasteiger partial charge < -0.3 is 5.73 Å².